The molecule has 3 N–H and O–H groups in total. The average Bonchev–Trinajstić information content (AvgIpc) is 2.95. The summed E-state index contributed by atoms with van der Waals surface area (Å²) in [6.07, 6.45) is -2.68. The molecule has 1 aromatic carbocycles. The van der Waals surface area contributed by atoms with Crippen molar-refractivity contribution in [1.82, 2.24) is 20.0 Å². The van der Waals surface area contributed by atoms with Crippen LogP contribution in [-0.2, 0) is 6.54 Å². The number of rotatable bonds is 3. The van der Waals surface area contributed by atoms with E-state index in [1.54, 1.807) is 0 Å². The van der Waals surface area contributed by atoms with Crippen LogP contribution in [0.5, 0.6) is 0 Å². The smallest absolute Gasteiger partial charge is 0.282 e. The van der Waals surface area contributed by atoms with Gasteiger partial charge in [-0.3, -0.25) is 5.10 Å². The minimum absolute atomic E-state index is 0.116. The first-order valence-electron chi connectivity index (χ1n) is 6.10. The van der Waals surface area contributed by atoms with Gasteiger partial charge in [-0.15, -0.1) is 0 Å². The van der Waals surface area contributed by atoms with Gasteiger partial charge >= 0.3 is 0 Å². The second-order valence-corrected chi connectivity index (χ2v) is 4.67. The summed E-state index contributed by atoms with van der Waals surface area (Å²) < 4.78 is 27.4. The van der Waals surface area contributed by atoms with Crippen LogP contribution in [0.15, 0.2) is 24.3 Å². The van der Waals surface area contributed by atoms with Crippen LogP contribution in [-0.4, -0.2) is 20.0 Å². The highest BCUT2D eigenvalue weighted by Gasteiger charge is 2.22. The van der Waals surface area contributed by atoms with Crippen molar-refractivity contribution in [1.29, 1.82) is 0 Å². The number of nitrogens with one attached hydrogen (secondary N) is 1. The summed E-state index contributed by atoms with van der Waals surface area (Å²) in [5.74, 6) is 0.116. The summed E-state index contributed by atoms with van der Waals surface area (Å²) in [6.45, 7) is 2.35. The van der Waals surface area contributed by atoms with Gasteiger partial charge < -0.3 is 5.73 Å². The van der Waals surface area contributed by atoms with E-state index in [9.17, 15) is 8.78 Å². The Morgan fingerprint density at radius 3 is 2.65 bits per heavy atom. The maximum atomic E-state index is 13.0. The third-order valence-corrected chi connectivity index (χ3v) is 3.16. The van der Waals surface area contributed by atoms with Gasteiger partial charge in [-0.2, -0.15) is 10.2 Å². The highest BCUT2D eigenvalue weighted by atomic mass is 19.3. The van der Waals surface area contributed by atoms with Crippen molar-refractivity contribution in [3.05, 3.63) is 41.1 Å². The molecule has 0 radical (unpaired) electrons. The molecule has 0 unspecified atom stereocenters. The molecule has 0 atom stereocenters. The molecule has 104 valence electrons. The van der Waals surface area contributed by atoms with E-state index in [2.05, 4.69) is 15.3 Å². The molecule has 0 saturated heterocycles. The van der Waals surface area contributed by atoms with E-state index in [0.717, 1.165) is 11.1 Å². The number of aromatic nitrogens is 4. The van der Waals surface area contributed by atoms with E-state index in [0.29, 0.717) is 12.2 Å². The molecular weight excluding hydrogens is 264 g/mol. The van der Waals surface area contributed by atoms with Gasteiger partial charge in [0.25, 0.3) is 6.43 Å². The van der Waals surface area contributed by atoms with Crippen LogP contribution < -0.4 is 5.73 Å². The van der Waals surface area contributed by atoms with Gasteiger partial charge in [0.2, 0.25) is 0 Å². The zero-order chi connectivity index (χ0) is 14.3. The van der Waals surface area contributed by atoms with Crippen LogP contribution in [0.2, 0.25) is 0 Å². The number of H-pyrrole nitrogens is 1. The van der Waals surface area contributed by atoms with E-state index in [4.69, 9.17) is 5.73 Å². The number of anilines is 1. The Balaban J connectivity index is 2.05. The predicted octanol–water partition coefficient (Wildman–Crippen LogP) is 2.64. The number of hydrogen-bond acceptors (Lipinski definition) is 3. The third kappa shape index (κ3) is 2.01. The van der Waals surface area contributed by atoms with Gasteiger partial charge in [0, 0.05) is 0 Å². The van der Waals surface area contributed by atoms with Gasteiger partial charge in [0.05, 0.1) is 11.9 Å². The first-order valence-corrected chi connectivity index (χ1v) is 6.10. The Morgan fingerprint density at radius 1 is 1.30 bits per heavy atom. The lowest BCUT2D eigenvalue weighted by Crippen LogP contribution is -2.03. The molecule has 2 aromatic heterocycles. The minimum Gasteiger partial charge on any atom is -0.383 e. The van der Waals surface area contributed by atoms with E-state index in [1.165, 1.54) is 4.68 Å². The number of nitrogens with zero attached hydrogens (tertiary/aromatic N) is 3. The van der Waals surface area contributed by atoms with Gasteiger partial charge in [-0.1, -0.05) is 29.8 Å². The van der Waals surface area contributed by atoms with Crippen molar-refractivity contribution in [3.8, 4) is 0 Å². The number of halogens is 2. The molecule has 0 aliphatic heterocycles. The number of aryl methyl sites for hydroxylation is 1. The van der Waals surface area contributed by atoms with Crippen LogP contribution in [0.25, 0.3) is 11.0 Å². The molecule has 3 rings (SSSR count). The Hall–Kier alpha value is -2.44. The standard InChI is InChI=1S/C13H13F2N5/c1-7-2-4-8(5-3-7)6-20-13-9(12(16)17-18-13)10(19-20)11(14)15/h2-5,11H,6H2,1H3,(H3,16,17,18). The van der Waals surface area contributed by atoms with Crippen molar-refractivity contribution in [3.63, 3.8) is 0 Å². The monoisotopic (exact) mass is 277 g/mol. The molecule has 0 amide bonds. The summed E-state index contributed by atoms with van der Waals surface area (Å²) in [6, 6.07) is 7.79. The molecule has 5 nitrogen and oxygen atoms in total. The number of nitrogen functional groups attached to an aromatic ring is 1. The van der Waals surface area contributed by atoms with Crippen LogP contribution in [0, 0.1) is 6.92 Å². The lowest BCUT2D eigenvalue weighted by Gasteiger charge is -2.03. The van der Waals surface area contributed by atoms with Crippen LogP contribution in [0.1, 0.15) is 23.2 Å². The Morgan fingerprint density at radius 2 is 2.00 bits per heavy atom. The number of fused-ring (bicyclic) bond motifs is 1. The van der Waals surface area contributed by atoms with Crippen molar-refractivity contribution in [2.45, 2.75) is 19.9 Å². The minimum atomic E-state index is -2.68. The number of benzene rings is 1. The Kier molecular flexibility index (Phi) is 2.89. The molecule has 0 aliphatic carbocycles. The topological polar surface area (TPSA) is 72.5 Å². The number of alkyl halides is 2. The van der Waals surface area contributed by atoms with E-state index in [1.807, 2.05) is 31.2 Å². The van der Waals surface area contributed by atoms with Gasteiger partial charge in [0.1, 0.15) is 11.5 Å². The number of aromatic amines is 1. The Bertz CT molecular complexity index is 742. The van der Waals surface area contributed by atoms with E-state index in [-0.39, 0.29) is 16.9 Å². The summed E-state index contributed by atoms with van der Waals surface area (Å²) >= 11 is 0. The van der Waals surface area contributed by atoms with Gasteiger partial charge in [-0.25, -0.2) is 13.5 Å². The maximum absolute atomic E-state index is 13.0. The highest BCUT2D eigenvalue weighted by molar-refractivity contribution is 5.89. The van der Waals surface area contributed by atoms with Gasteiger partial charge in [0.15, 0.2) is 5.65 Å². The van der Waals surface area contributed by atoms with Crippen molar-refractivity contribution >= 4 is 16.9 Å². The second-order valence-electron chi connectivity index (χ2n) is 4.67. The molecule has 0 aliphatic rings. The highest BCUT2D eigenvalue weighted by Crippen LogP contribution is 2.29. The molecule has 20 heavy (non-hydrogen) atoms. The summed E-state index contributed by atoms with van der Waals surface area (Å²) in [7, 11) is 0. The maximum Gasteiger partial charge on any atom is 0.282 e. The summed E-state index contributed by atoms with van der Waals surface area (Å²) in [5.41, 5.74) is 7.74. The van der Waals surface area contributed by atoms with E-state index < -0.39 is 6.43 Å². The molecule has 0 bridgehead atoms. The van der Waals surface area contributed by atoms with Crippen LogP contribution in [0.4, 0.5) is 14.6 Å². The molecular formula is C13H13F2N5. The quantitative estimate of drug-likeness (QED) is 0.773. The first-order chi connectivity index (χ1) is 9.56. The van der Waals surface area contributed by atoms with Crippen molar-refractivity contribution in [2.75, 3.05) is 5.73 Å². The average molecular weight is 277 g/mol. The van der Waals surface area contributed by atoms with Crippen LogP contribution >= 0.6 is 0 Å². The third-order valence-electron chi connectivity index (χ3n) is 3.16. The zero-order valence-corrected chi connectivity index (χ0v) is 10.8. The fourth-order valence-corrected chi connectivity index (χ4v) is 2.14. The molecule has 2 heterocycles. The molecule has 7 heteroatoms. The number of nitrogens with two attached hydrogens (primary N) is 1. The lowest BCUT2D eigenvalue weighted by atomic mass is 10.1. The molecule has 3 aromatic rings. The zero-order valence-electron chi connectivity index (χ0n) is 10.8. The lowest BCUT2D eigenvalue weighted by molar-refractivity contribution is 0.146. The molecule has 0 saturated carbocycles. The fourth-order valence-electron chi connectivity index (χ4n) is 2.14. The second kappa shape index (κ2) is 4.59. The number of hydrogen-bond donors (Lipinski definition) is 2. The molecule has 0 spiro atoms. The van der Waals surface area contributed by atoms with Crippen molar-refractivity contribution in [2.24, 2.45) is 0 Å². The van der Waals surface area contributed by atoms with Gasteiger partial charge in [-0.05, 0) is 12.5 Å². The molecule has 0 fully saturated rings. The summed E-state index contributed by atoms with van der Waals surface area (Å²) in [4.78, 5) is 0. The largest absolute Gasteiger partial charge is 0.383 e. The Labute approximate surface area is 113 Å². The predicted molar refractivity (Wildman–Crippen MR) is 71.5 cm³/mol. The normalized spacial score (nSPS) is 11.6. The van der Waals surface area contributed by atoms with Crippen molar-refractivity contribution < 1.29 is 8.78 Å². The van der Waals surface area contributed by atoms with E-state index >= 15 is 0 Å². The SMILES string of the molecule is Cc1ccc(Cn2nc(C(F)F)c3c(N)[nH]nc32)cc1. The first kappa shape index (κ1) is 12.6. The summed E-state index contributed by atoms with van der Waals surface area (Å²) in [5, 5.41) is 10.6. The van der Waals surface area contributed by atoms with Crippen LogP contribution in [0.3, 0.4) is 0 Å². The fraction of sp³-hybridized carbons (Fsp3) is 0.231.